The first-order chi connectivity index (χ1) is 10.1. The number of hydrogen-bond acceptors (Lipinski definition) is 2. The number of fused-ring (bicyclic) bond motifs is 1. The Morgan fingerprint density at radius 2 is 2.00 bits per heavy atom. The number of rotatable bonds is 2. The van der Waals surface area contributed by atoms with Gasteiger partial charge in [-0.05, 0) is 29.7 Å². The molecule has 1 unspecified atom stereocenters. The molecule has 0 radical (unpaired) electrons. The maximum absolute atomic E-state index is 13.8. The summed E-state index contributed by atoms with van der Waals surface area (Å²) in [6.07, 6.45) is 0.755. The van der Waals surface area contributed by atoms with Gasteiger partial charge in [-0.15, -0.1) is 0 Å². The van der Waals surface area contributed by atoms with Crippen molar-refractivity contribution < 1.29 is 13.6 Å². The van der Waals surface area contributed by atoms with E-state index in [0.717, 1.165) is 18.1 Å². The van der Waals surface area contributed by atoms with Gasteiger partial charge in [-0.25, -0.2) is 8.78 Å². The molecule has 0 saturated heterocycles. The summed E-state index contributed by atoms with van der Waals surface area (Å²) in [5.74, 6) is -2.05. The number of halogens is 2. The Bertz CT molecular complexity index is 715. The average Bonchev–Trinajstić information content (AvgIpc) is 2.49. The molecule has 3 nitrogen and oxygen atoms in total. The van der Waals surface area contributed by atoms with Crippen LogP contribution in [0.1, 0.15) is 33.1 Å². The minimum absolute atomic E-state index is 0.0752. The van der Waals surface area contributed by atoms with Crippen molar-refractivity contribution in [2.75, 3.05) is 6.54 Å². The van der Waals surface area contributed by atoms with E-state index in [0.29, 0.717) is 17.7 Å². The molecule has 0 aromatic heterocycles. The van der Waals surface area contributed by atoms with Crippen LogP contribution in [0.15, 0.2) is 36.4 Å². The Balaban J connectivity index is 2.02. The van der Waals surface area contributed by atoms with Gasteiger partial charge in [-0.1, -0.05) is 24.3 Å². The summed E-state index contributed by atoms with van der Waals surface area (Å²) in [6, 6.07) is 8.32. The third-order valence-electron chi connectivity index (χ3n) is 3.73. The Kier molecular flexibility index (Phi) is 3.43. The Hall–Kier alpha value is -2.27. The molecule has 5 heteroatoms. The number of nitrogens with one attached hydrogen (secondary N) is 1. The second-order valence-corrected chi connectivity index (χ2v) is 5.04. The fourth-order valence-electron chi connectivity index (χ4n) is 2.56. The largest absolute Gasteiger partial charge is 0.352 e. The summed E-state index contributed by atoms with van der Waals surface area (Å²) in [4.78, 5) is 11.8. The standard InChI is InChI=1S/C16H14F2N2O/c17-13-3-1-2-11(14(13)18)15(19)10-5-4-9-6-7-20-16(21)12(9)8-10/h1-5,8,15H,6-7,19H2,(H,20,21). The summed E-state index contributed by atoms with van der Waals surface area (Å²) in [5, 5.41) is 2.75. The first-order valence-electron chi connectivity index (χ1n) is 6.68. The molecule has 21 heavy (non-hydrogen) atoms. The summed E-state index contributed by atoms with van der Waals surface area (Å²) in [5.41, 5.74) is 8.17. The molecule has 0 aliphatic carbocycles. The summed E-state index contributed by atoms with van der Waals surface area (Å²) < 4.78 is 27.1. The zero-order valence-electron chi connectivity index (χ0n) is 11.2. The van der Waals surface area contributed by atoms with Gasteiger partial charge in [0.2, 0.25) is 0 Å². The van der Waals surface area contributed by atoms with Crippen LogP contribution in [0, 0.1) is 11.6 Å². The lowest BCUT2D eigenvalue weighted by Gasteiger charge is -2.20. The van der Waals surface area contributed by atoms with E-state index in [4.69, 9.17) is 5.73 Å². The third-order valence-corrected chi connectivity index (χ3v) is 3.73. The van der Waals surface area contributed by atoms with Crippen LogP contribution in [0.2, 0.25) is 0 Å². The van der Waals surface area contributed by atoms with Crippen molar-refractivity contribution >= 4 is 5.91 Å². The topological polar surface area (TPSA) is 55.1 Å². The summed E-state index contributed by atoms with van der Waals surface area (Å²) in [7, 11) is 0. The van der Waals surface area contributed by atoms with Crippen molar-refractivity contribution in [2.45, 2.75) is 12.5 Å². The number of carbonyl (C=O) groups is 1. The van der Waals surface area contributed by atoms with Crippen molar-refractivity contribution in [3.05, 3.63) is 70.3 Å². The second kappa shape index (κ2) is 5.26. The highest BCUT2D eigenvalue weighted by Gasteiger charge is 2.21. The Morgan fingerprint density at radius 1 is 1.19 bits per heavy atom. The van der Waals surface area contributed by atoms with Crippen LogP contribution in [0.3, 0.4) is 0 Å². The molecule has 1 aliphatic rings. The minimum Gasteiger partial charge on any atom is -0.352 e. The van der Waals surface area contributed by atoms with Crippen LogP contribution >= 0.6 is 0 Å². The maximum atomic E-state index is 13.8. The van der Waals surface area contributed by atoms with Gasteiger partial charge in [0.05, 0.1) is 6.04 Å². The van der Waals surface area contributed by atoms with Gasteiger partial charge in [0.25, 0.3) is 5.91 Å². The zero-order valence-corrected chi connectivity index (χ0v) is 11.2. The van der Waals surface area contributed by atoms with Gasteiger partial charge in [-0.2, -0.15) is 0 Å². The first kappa shape index (κ1) is 13.7. The molecule has 1 amide bonds. The fourth-order valence-corrected chi connectivity index (χ4v) is 2.56. The number of benzene rings is 2. The molecule has 1 heterocycles. The molecular formula is C16H14F2N2O. The van der Waals surface area contributed by atoms with Crippen LogP contribution in [-0.4, -0.2) is 12.5 Å². The molecule has 0 saturated carbocycles. The van der Waals surface area contributed by atoms with E-state index in [1.54, 1.807) is 12.1 Å². The molecule has 3 N–H and O–H groups in total. The molecule has 108 valence electrons. The van der Waals surface area contributed by atoms with Crippen LogP contribution < -0.4 is 11.1 Å². The molecule has 1 aliphatic heterocycles. The van der Waals surface area contributed by atoms with E-state index in [1.165, 1.54) is 12.1 Å². The Labute approximate surface area is 120 Å². The highest BCUT2D eigenvalue weighted by atomic mass is 19.2. The van der Waals surface area contributed by atoms with Crippen LogP contribution in [0.25, 0.3) is 0 Å². The predicted molar refractivity (Wildman–Crippen MR) is 74.9 cm³/mol. The normalized spacial score (nSPS) is 15.3. The number of nitrogens with two attached hydrogens (primary N) is 1. The van der Waals surface area contributed by atoms with Crippen molar-refractivity contribution in [2.24, 2.45) is 5.73 Å². The van der Waals surface area contributed by atoms with E-state index in [1.807, 2.05) is 6.07 Å². The van der Waals surface area contributed by atoms with Gasteiger partial charge >= 0.3 is 0 Å². The van der Waals surface area contributed by atoms with E-state index in [-0.39, 0.29) is 11.5 Å². The molecular weight excluding hydrogens is 274 g/mol. The molecule has 0 fully saturated rings. The molecule has 1 atom stereocenters. The summed E-state index contributed by atoms with van der Waals surface area (Å²) in [6.45, 7) is 0.607. The van der Waals surface area contributed by atoms with Gasteiger partial charge < -0.3 is 11.1 Å². The molecule has 0 bridgehead atoms. The van der Waals surface area contributed by atoms with Crippen molar-refractivity contribution in [1.29, 1.82) is 0 Å². The van der Waals surface area contributed by atoms with Gasteiger partial charge in [0, 0.05) is 17.7 Å². The first-order valence-corrected chi connectivity index (χ1v) is 6.68. The lowest BCUT2D eigenvalue weighted by atomic mass is 9.92. The predicted octanol–water partition coefficient (Wildman–Crippen LogP) is 2.30. The maximum Gasteiger partial charge on any atom is 0.251 e. The zero-order chi connectivity index (χ0) is 15.0. The highest BCUT2D eigenvalue weighted by Crippen LogP contribution is 2.26. The van der Waals surface area contributed by atoms with Crippen molar-refractivity contribution in [3.8, 4) is 0 Å². The molecule has 3 rings (SSSR count). The van der Waals surface area contributed by atoms with Crippen molar-refractivity contribution in [3.63, 3.8) is 0 Å². The number of amides is 1. The number of hydrogen-bond donors (Lipinski definition) is 2. The van der Waals surface area contributed by atoms with Crippen LogP contribution in [0.5, 0.6) is 0 Å². The molecule has 2 aromatic rings. The lowest BCUT2D eigenvalue weighted by Crippen LogP contribution is -2.32. The molecule has 2 aromatic carbocycles. The monoisotopic (exact) mass is 288 g/mol. The van der Waals surface area contributed by atoms with E-state index in [9.17, 15) is 13.6 Å². The average molecular weight is 288 g/mol. The lowest BCUT2D eigenvalue weighted by molar-refractivity contribution is 0.0946. The van der Waals surface area contributed by atoms with Crippen LogP contribution in [-0.2, 0) is 6.42 Å². The van der Waals surface area contributed by atoms with E-state index in [2.05, 4.69) is 5.32 Å². The van der Waals surface area contributed by atoms with Gasteiger partial charge in [0.15, 0.2) is 11.6 Å². The van der Waals surface area contributed by atoms with Gasteiger partial charge in [-0.3, -0.25) is 4.79 Å². The second-order valence-electron chi connectivity index (χ2n) is 5.04. The fraction of sp³-hybridized carbons (Fsp3) is 0.188. The highest BCUT2D eigenvalue weighted by molar-refractivity contribution is 5.96. The quantitative estimate of drug-likeness (QED) is 0.891. The van der Waals surface area contributed by atoms with Gasteiger partial charge in [0.1, 0.15) is 0 Å². The smallest absolute Gasteiger partial charge is 0.251 e. The molecule has 0 spiro atoms. The van der Waals surface area contributed by atoms with E-state index < -0.39 is 17.7 Å². The minimum atomic E-state index is -0.952. The van der Waals surface area contributed by atoms with E-state index >= 15 is 0 Å². The SMILES string of the molecule is NC(c1ccc2c(c1)C(=O)NCC2)c1cccc(F)c1F. The Morgan fingerprint density at radius 3 is 2.81 bits per heavy atom. The summed E-state index contributed by atoms with van der Waals surface area (Å²) >= 11 is 0. The van der Waals surface area contributed by atoms with Crippen molar-refractivity contribution in [1.82, 2.24) is 5.32 Å². The number of carbonyl (C=O) groups excluding carboxylic acids is 1. The third kappa shape index (κ3) is 2.40. The van der Waals surface area contributed by atoms with Crippen LogP contribution in [0.4, 0.5) is 8.78 Å².